The predicted molar refractivity (Wildman–Crippen MR) is 91.2 cm³/mol. The molecule has 7 heteroatoms. The first-order valence-electron chi connectivity index (χ1n) is 8.22. The first-order valence-corrected chi connectivity index (χ1v) is 8.22. The summed E-state index contributed by atoms with van der Waals surface area (Å²) in [5.74, 6) is -1.41. The van der Waals surface area contributed by atoms with Crippen molar-refractivity contribution in [3.63, 3.8) is 0 Å². The monoisotopic (exact) mass is 346 g/mol. The van der Waals surface area contributed by atoms with Gasteiger partial charge in [-0.1, -0.05) is 6.07 Å². The number of halogens is 2. The Labute approximate surface area is 145 Å². The van der Waals surface area contributed by atoms with Crippen molar-refractivity contribution in [1.82, 2.24) is 15.6 Å². The number of nitrogens with one attached hydrogen (secondary N) is 2. The number of pyridine rings is 1. The summed E-state index contributed by atoms with van der Waals surface area (Å²) in [6.45, 7) is 2.42. The molecule has 1 saturated heterocycles. The number of rotatable bonds is 5. The number of amides is 2. The minimum Gasteiger partial charge on any atom is -0.371 e. The lowest BCUT2D eigenvalue weighted by atomic mass is 10.1. The summed E-state index contributed by atoms with van der Waals surface area (Å²) in [6.07, 6.45) is 4.28. The van der Waals surface area contributed by atoms with E-state index >= 15 is 0 Å². The zero-order valence-corrected chi connectivity index (χ0v) is 13.7. The molecule has 0 aliphatic carbocycles. The van der Waals surface area contributed by atoms with Gasteiger partial charge >= 0.3 is 6.03 Å². The van der Waals surface area contributed by atoms with Crippen LogP contribution in [-0.4, -0.2) is 30.6 Å². The van der Waals surface area contributed by atoms with E-state index in [2.05, 4.69) is 15.6 Å². The molecule has 0 bridgehead atoms. The fourth-order valence-electron chi connectivity index (χ4n) is 2.90. The Morgan fingerprint density at radius 1 is 1.24 bits per heavy atom. The van der Waals surface area contributed by atoms with E-state index in [9.17, 15) is 13.6 Å². The van der Waals surface area contributed by atoms with Crippen LogP contribution in [0.4, 0.5) is 19.3 Å². The highest BCUT2D eigenvalue weighted by molar-refractivity contribution is 5.73. The second-order valence-electron chi connectivity index (χ2n) is 6.12. The molecule has 5 nitrogen and oxygen atoms in total. The molecule has 0 unspecified atom stereocenters. The number of carbonyl (C=O) groups excluding carboxylic acids is 1. The van der Waals surface area contributed by atoms with Crippen molar-refractivity contribution in [2.75, 3.05) is 24.5 Å². The molecule has 1 aliphatic rings. The number of carbonyl (C=O) groups is 1. The van der Waals surface area contributed by atoms with E-state index in [1.165, 1.54) is 6.07 Å². The molecule has 25 heavy (non-hydrogen) atoms. The maximum absolute atomic E-state index is 13.3. The summed E-state index contributed by atoms with van der Waals surface area (Å²) in [4.78, 5) is 17.9. The van der Waals surface area contributed by atoms with Gasteiger partial charge in [0, 0.05) is 50.3 Å². The van der Waals surface area contributed by atoms with Crippen LogP contribution in [-0.2, 0) is 6.54 Å². The molecule has 1 aromatic carbocycles. The van der Waals surface area contributed by atoms with Crippen molar-refractivity contribution in [2.24, 2.45) is 5.92 Å². The van der Waals surface area contributed by atoms with Crippen LogP contribution >= 0.6 is 0 Å². The minimum absolute atomic E-state index is 0.227. The lowest BCUT2D eigenvalue weighted by Crippen LogP contribution is -2.38. The first-order chi connectivity index (χ1) is 12.1. The normalized spacial score (nSPS) is 16.7. The number of hydrogen-bond acceptors (Lipinski definition) is 3. The van der Waals surface area contributed by atoms with Crippen molar-refractivity contribution < 1.29 is 13.6 Å². The number of hydrogen-bond donors (Lipinski definition) is 2. The Kier molecular flexibility index (Phi) is 5.42. The molecule has 2 heterocycles. The van der Waals surface area contributed by atoms with Gasteiger partial charge in [0.05, 0.1) is 0 Å². The van der Waals surface area contributed by atoms with Gasteiger partial charge in [-0.2, -0.15) is 0 Å². The van der Waals surface area contributed by atoms with Crippen molar-refractivity contribution in [3.8, 4) is 0 Å². The maximum Gasteiger partial charge on any atom is 0.315 e. The molecule has 1 atom stereocenters. The van der Waals surface area contributed by atoms with E-state index in [0.717, 1.165) is 24.6 Å². The summed E-state index contributed by atoms with van der Waals surface area (Å²) in [7, 11) is 0. The van der Waals surface area contributed by atoms with Gasteiger partial charge in [0.2, 0.25) is 0 Å². The van der Waals surface area contributed by atoms with E-state index in [-0.39, 0.29) is 11.9 Å². The molecule has 2 aromatic rings. The van der Waals surface area contributed by atoms with Gasteiger partial charge in [-0.25, -0.2) is 13.6 Å². The highest BCUT2D eigenvalue weighted by atomic mass is 19.2. The molecule has 2 N–H and O–H groups in total. The van der Waals surface area contributed by atoms with Crippen LogP contribution in [0, 0.1) is 17.6 Å². The molecule has 1 aromatic heterocycles. The Morgan fingerprint density at radius 2 is 2.12 bits per heavy atom. The number of benzene rings is 1. The average Bonchev–Trinajstić information content (AvgIpc) is 3.10. The SMILES string of the molecule is O=C(NCc1cccnc1)NC[C@@H]1CCN(c2ccc(F)c(F)c2)C1. The van der Waals surface area contributed by atoms with Crippen LogP contribution in [0.15, 0.2) is 42.7 Å². The third-order valence-corrected chi connectivity index (χ3v) is 4.28. The van der Waals surface area contributed by atoms with Crippen LogP contribution in [0.3, 0.4) is 0 Å². The lowest BCUT2D eigenvalue weighted by molar-refractivity contribution is 0.239. The average molecular weight is 346 g/mol. The molecule has 0 radical (unpaired) electrons. The predicted octanol–water partition coefficient (Wildman–Crippen LogP) is 2.69. The fourth-order valence-corrected chi connectivity index (χ4v) is 2.90. The van der Waals surface area contributed by atoms with Crippen molar-refractivity contribution >= 4 is 11.7 Å². The topological polar surface area (TPSA) is 57.3 Å². The van der Waals surface area contributed by atoms with Crippen LogP contribution in [0.25, 0.3) is 0 Å². The molecule has 0 spiro atoms. The molecular weight excluding hydrogens is 326 g/mol. The first kappa shape index (κ1) is 17.1. The highest BCUT2D eigenvalue weighted by Crippen LogP contribution is 2.24. The quantitative estimate of drug-likeness (QED) is 0.875. The second-order valence-corrected chi connectivity index (χ2v) is 6.12. The van der Waals surface area contributed by atoms with E-state index in [0.29, 0.717) is 25.3 Å². The van der Waals surface area contributed by atoms with Crippen LogP contribution < -0.4 is 15.5 Å². The smallest absolute Gasteiger partial charge is 0.315 e. The molecule has 1 fully saturated rings. The third-order valence-electron chi connectivity index (χ3n) is 4.28. The van der Waals surface area contributed by atoms with E-state index in [4.69, 9.17) is 0 Å². The van der Waals surface area contributed by atoms with Gasteiger partial charge in [-0.3, -0.25) is 4.98 Å². The standard InChI is InChI=1S/C18H20F2N4O/c19-16-4-3-15(8-17(16)20)24-7-5-14(12-24)11-23-18(25)22-10-13-2-1-6-21-9-13/h1-4,6,8-9,14H,5,7,10-12H2,(H2,22,23,25)/t14-/m0/s1. The lowest BCUT2D eigenvalue weighted by Gasteiger charge is -2.19. The zero-order valence-electron chi connectivity index (χ0n) is 13.7. The Bertz CT molecular complexity index is 726. The number of anilines is 1. The largest absolute Gasteiger partial charge is 0.371 e. The Balaban J connectivity index is 1.42. The summed E-state index contributed by atoms with van der Waals surface area (Å²) < 4.78 is 26.4. The van der Waals surface area contributed by atoms with Crippen molar-refractivity contribution in [2.45, 2.75) is 13.0 Å². The molecule has 3 rings (SSSR count). The van der Waals surface area contributed by atoms with Crippen molar-refractivity contribution in [3.05, 3.63) is 59.9 Å². The van der Waals surface area contributed by atoms with E-state index in [1.807, 2.05) is 17.0 Å². The second kappa shape index (κ2) is 7.92. The summed E-state index contributed by atoms with van der Waals surface area (Å²) in [5, 5.41) is 5.64. The summed E-state index contributed by atoms with van der Waals surface area (Å²) in [6, 6.07) is 7.42. The Hall–Kier alpha value is -2.70. The molecule has 0 saturated carbocycles. The minimum atomic E-state index is -0.841. The highest BCUT2D eigenvalue weighted by Gasteiger charge is 2.23. The van der Waals surface area contributed by atoms with E-state index < -0.39 is 11.6 Å². The summed E-state index contributed by atoms with van der Waals surface area (Å²) in [5.41, 5.74) is 1.60. The molecule has 1 aliphatic heterocycles. The van der Waals surface area contributed by atoms with Gasteiger partial charge in [0.25, 0.3) is 0 Å². The van der Waals surface area contributed by atoms with Gasteiger partial charge in [0.1, 0.15) is 0 Å². The number of aromatic nitrogens is 1. The van der Waals surface area contributed by atoms with Gasteiger partial charge < -0.3 is 15.5 Å². The van der Waals surface area contributed by atoms with Crippen molar-refractivity contribution in [1.29, 1.82) is 0 Å². The summed E-state index contributed by atoms with van der Waals surface area (Å²) >= 11 is 0. The number of nitrogens with zero attached hydrogens (tertiary/aromatic N) is 2. The van der Waals surface area contributed by atoms with Gasteiger partial charge in [-0.15, -0.1) is 0 Å². The van der Waals surface area contributed by atoms with Crippen LogP contribution in [0.1, 0.15) is 12.0 Å². The zero-order chi connectivity index (χ0) is 17.6. The molecule has 132 valence electrons. The van der Waals surface area contributed by atoms with Crippen LogP contribution in [0.2, 0.25) is 0 Å². The van der Waals surface area contributed by atoms with Gasteiger partial charge in [-0.05, 0) is 36.1 Å². The fraction of sp³-hybridized carbons (Fsp3) is 0.333. The Morgan fingerprint density at radius 3 is 2.88 bits per heavy atom. The van der Waals surface area contributed by atoms with E-state index in [1.54, 1.807) is 18.5 Å². The molecular formula is C18H20F2N4O. The molecule has 2 amide bonds. The van der Waals surface area contributed by atoms with Gasteiger partial charge in [0.15, 0.2) is 11.6 Å². The maximum atomic E-state index is 13.3. The van der Waals surface area contributed by atoms with Crippen LogP contribution in [0.5, 0.6) is 0 Å². The number of urea groups is 1. The third kappa shape index (κ3) is 4.65.